The first kappa shape index (κ1) is 14.2. The summed E-state index contributed by atoms with van der Waals surface area (Å²) in [6.45, 7) is 0. The van der Waals surface area contributed by atoms with Crippen LogP contribution in [0.25, 0.3) is 0 Å². The molecule has 0 unspecified atom stereocenters. The second-order valence-corrected chi connectivity index (χ2v) is 2.94. The number of unbranched alkanes of at least 4 members (excludes halogenated alkanes) is 1. The van der Waals surface area contributed by atoms with Gasteiger partial charge < -0.3 is 0 Å². The lowest BCUT2D eigenvalue weighted by molar-refractivity contribution is -0.143. The SMILES string of the molecule is O=C(CCCCC(=O)C(=O)NO)C(=O)NO. The van der Waals surface area contributed by atoms with Crippen LogP contribution in [0.1, 0.15) is 25.7 Å². The molecule has 4 N–H and O–H groups in total. The van der Waals surface area contributed by atoms with Crippen molar-refractivity contribution in [2.75, 3.05) is 0 Å². The molecule has 0 spiro atoms. The number of amides is 2. The van der Waals surface area contributed by atoms with Crippen LogP contribution >= 0.6 is 0 Å². The smallest absolute Gasteiger partial charge is 0.289 e. The topological polar surface area (TPSA) is 133 Å². The van der Waals surface area contributed by atoms with Gasteiger partial charge in [-0.1, -0.05) is 0 Å². The molecule has 0 aromatic rings. The molecule has 0 saturated carbocycles. The molecule has 0 aliphatic carbocycles. The number of nitrogens with one attached hydrogen (secondary N) is 2. The molecular formula is C8H12N2O6. The van der Waals surface area contributed by atoms with E-state index in [1.807, 2.05) is 0 Å². The van der Waals surface area contributed by atoms with E-state index in [1.54, 1.807) is 0 Å². The molecule has 0 heterocycles. The van der Waals surface area contributed by atoms with Crippen molar-refractivity contribution in [2.24, 2.45) is 0 Å². The van der Waals surface area contributed by atoms with Crippen molar-refractivity contribution >= 4 is 23.4 Å². The summed E-state index contributed by atoms with van der Waals surface area (Å²) in [5, 5.41) is 16.2. The fourth-order valence-electron chi connectivity index (χ4n) is 0.923. The summed E-state index contributed by atoms with van der Waals surface area (Å²) in [7, 11) is 0. The zero-order chi connectivity index (χ0) is 12.6. The molecule has 16 heavy (non-hydrogen) atoms. The second-order valence-electron chi connectivity index (χ2n) is 2.94. The van der Waals surface area contributed by atoms with E-state index < -0.39 is 23.4 Å². The van der Waals surface area contributed by atoms with E-state index >= 15 is 0 Å². The average molecular weight is 232 g/mol. The Morgan fingerprint density at radius 2 is 1.06 bits per heavy atom. The Balaban J connectivity index is 3.69. The van der Waals surface area contributed by atoms with Gasteiger partial charge in [-0.3, -0.25) is 29.6 Å². The molecule has 0 radical (unpaired) electrons. The summed E-state index contributed by atoms with van der Waals surface area (Å²) >= 11 is 0. The molecule has 0 aromatic carbocycles. The first-order chi connectivity index (χ1) is 7.52. The van der Waals surface area contributed by atoms with Crippen LogP contribution in [0.4, 0.5) is 0 Å². The fourth-order valence-corrected chi connectivity index (χ4v) is 0.923. The standard InChI is InChI=1S/C8H12N2O6/c11-5(7(13)9-15)3-1-2-4-6(12)8(14)10-16/h15-16H,1-4H2,(H,9,13)(H,10,14). The Hall–Kier alpha value is -1.80. The number of ketones is 2. The maximum atomic E-state index is 10.8. The van der Waals surface area contributed by atoms with Crippen LogP contribution in [0.3, 0.4) is 0 Å². The van der Waals surface area contributed by atoms with E-state index in [-0.39, 0.29) is 25.7 Å². The van der Waals surface area contributed by atoms with Crippen LogP contribution in [0.5, 0.6) is 0 Å². The monoisotopic (exact) mass is 232 g/mol. The minimum Gasteiger partial charge on any atom is -0.289 e. The number of rotatable bonds is 7. The third-order valence-corrected chi connectivity index (χ3v) is 1.77. The molecule has 8 nitrogen and oxygen atoms in total. The number of hydrogen-bond donors (Lipinski definition) is 4. The fraction of sp³-hybridized carbons (Fsp3) is 0.500. The molecule has 0 aliphatic rings. The van der Waals surface area contributed by atoms with E-state index in [4.69, 9.17) is 10.4 Å². The normalized spacial score (nSPS) is 9.38. The van der Waals surface area contributed by atoms with Crippen molar-refractivity contribution in [3.63, 3.8) is 0 Å². The summed E-state index contributed by atoms with van der Waals surface area (Å²) in [4.78, 5) is 42.7. The van der Waals surface area contributed by atoms with Crippen LogP contribution in [0, 0.1) is 0 Å². The zero-order valence-corrected chi connectivity index (χ0v) is 8.36. The quantitative estimate of drug-likeness (QED) is 0.186. The Morgan fingerprint density at radius 3 is 1.31 bits per heavy atom. The Kier molecular flexibility index (Phi) is 6.64. The highest BCUT2D eigenvalue weighted by molar-refractivity contribution is 6.36. The third kappa shape index (κ3) is 5.17. The minimum atomic E-state index is -1.11. The molecule has 0 aliphatic heterocycles. The van der Waals surface area contributed by atoms with Gasteiger partial charge in [-0.15, -0.1) is 0 Å². The molecule has 0 bridgehead atoms. The molecule has 0 atom stereocenters. The summed E-state index contributed by atoms with van der Waals surface area (Å²) < 4.78 is 0. The maximum Gasteiger partial charge on any atom is 0.310 e. The highest BCUT2D eigenvalue weighted by Gasteiger charge is 2.14. The van der Waals surface area contributed by atoms with E-state index in [1.165, 1.54) is 11.0 Å². The highest BCUT2D eigenvalue weighted by Crippen LogP contribution is 2.01. The van der Waals surface area contributed by atoms with E-state index in [0.29, 0.717) is 0 Å². The Labute approximate surface area is 90.5 Å². The van der Waals surface area contributed by atoms with Crippen LogP contribution in [-0.4, -0.2) is 33.8 Å². The molecule has 0 rings (SSSR count). The second kappa shape index (κ2) is 7.49. The zero-order valence-electron chi connectivity index (χ0n) is 8.36. The summed E-state index contributed by atoms with van der Waals surface area (Å²) in [6, 6.07) is 0. The van der Waals surface area contributed by atoms with Gasteiger partial charge in [0.1, 0.15) is 0 Å². The summed E-state index contributed by atoms with van der Waals surface area (Å²) in [5.74, 6) is -3.83. The average Bonchev–Trinajstić information content (AvgIpc) is 2.31. The minimum absolute atomic E-state index is 0.125. The lowest BCUT2D eigenvalue weighted by Crippen LogP contribution is -2.28. The molecule has 0 saturated heterocycles. The Bertz CT molecular complexity index is 271. The van der Waals surface area contributed by atoms with Gasteiger partial charge in [0.25, 0.3) is 0 Å². The Morgan fingerprint density at radius 1 is 0.750 bits per heavy atom. The van der Waals surface area contributed by atoms with Gasteiger partial charge >= 0.3 is 11.8 Å². The van der Waals surface area contributed by atoms with Gasteiger partial charge in [-0.2, -0.15) is 0 Å². The van der Waals surface area contributed by atoms with Gasteiger partial charge in [-0.05, 0) is 12.8 Å². The van der Waals surface area contributed by atoms with Crippen molar-refractivity contribution < 1.29 is 29.6 Å². The van der Waals surface area contributed by atoms with Crippen LogP contribution in [-0.2, 0) is 19.2 Å². The van der Waals surface area contributed by atoms with Crippen molar-refractivity contribution in [2.45, 2.75) is 25.7 Å². The number of hydrogen-bond acceptors (Lipinski definition) is 6. The third-order valence-electron chi connectivity index (χ3n) is 1.77. The van der Waals surface area contributed by atoms with E-state index in [0.717, 1.165) is 0 Å². The van der Waals surface area contributed by atoms with Gasteiger partial charge in [0, 0.05) is 12.8 Å². The molecule has 90 valence electrons. The summed E-state index contributed by atoms with van der Waals surface area (Å²) in [6.07, 6.45) is 0.217. The highest BCUT2D eigenvalue weighted by atomic mass is 16.5. The lowest BCUT2D eigenvalue weighted by atomic mass is 10.1. The number of carbonyl (C=O) groups excluding carboxylic acids is 4. The van der Waals surface area contributed by atoms with Gasteiger partial charge in [0.05, 0.1) is 0 Å². The summed E-state index contributed by atoms with van der Waals surface area (Å²) in [5.41, 5.74) is 2.38. The predicted octanol–water partition coefficient (Wildman–Crippen LogP) is -1.30. The predicted molar refractivity (Wildman–Crippen MR) is 48.3 cm³/mol. The molecule has 8 heteroatoms. The van der Waals surface area contributed by atoms with Crippen molar-refractivity contribution in [3.8, 4) is 0 Å². The maximum absolute atomic E-state index is 10.8. The number of Topliss-reactive ketones (excluding diaryl/α,β-unsaturated/α-hetero) is 2. The van der Waals surface area contributed by atoms with Crippen molar-refractivity contribution in [1.29, 1.82) is 0 Å². The first-order valence-electron chi connectivity index (χ1n) is 4.47. The molecule has 0 fully saturated rings. The van der Waals surface area contributed by atoms with E-state index in [9.17, 15) is 19.2 Å². The first-order valence-corrected chi connectivity index (χ1v) is 4.47. The molecule has 0 aromatic heterocycles. The van der Waals surface area contributed by atoms with Crippen molar-refractivity contribution in [1.82, 2.24) is 11.0 Å². The largest absolute Gasteiger partial charge is 0.310 e. The lowest BCUT2D eigenvalue weighted by Gasteiger charge is -1.99. The molecule has 2 amide bonds. The number of hydroxylamine groups is 2. The van der Waals surface area contributed by atoms with Crippen LogP contribution in [0.15, 0.2) is 0 Å². The van der Waals surface area contributed by atoms with Crippen molar-refractivity contribution in [3.05, 3.63) is 0 Å². The van der Waals surface area contributed by atoms with Gasteiger partial charge in [0.2, 0.25) is 11.6 Å². The van der Waals surface area contributed by atoms with Gasteiger partial charge in [-0.25, -0.2) is 11.0 Å². The van der Waals surface area contributed by atoms with Crippen LogP contribution < -0.4 is 11.0 Å². The van der Waals surface area contributed by atoms with Crippen LogP contribution in [0.2, 0.25) is 0 Å². The van der Waals surface area contributed by atoms with Gasteiger partial charge in [0.15, 0.2) is 0 Å². The molecular weight excluding hydrogens is 220 g/mol. The van der Waals surface area contributed by atoms with E-state index in [2.05, 4.69) is 0 Å². The number of carbonyl (C=O) groups is 4.